The van der Waals surface area contributed by atoms with Gasteiger partial charge in [0.2, 0.25) is 5.91 Å². The average molecular weight is 372 g/mol. The molecular formula is C13H12BrClN4O2. The third-order valence-electron chi connectivity index (χ3n) is 2.60. The molecule has 2 amide bonds. The molecule has 1 aromatic carbocycles. The normalized spacial score (nSPS) is 10.2. The minimum atomic E-state index is -0.308. The Kier molecular flexibility index (Phi) is 4.98. The summed E-state index contributed by atoms with van der Waals surface area (Å²) >= 11 is 9.18. The molecule has 8 heteroatoms. The first-order valence-electron chi connectivity index (χ1n) is 5.98. The second-order valence-electron chi connectivity index (χ2n) is 4.21. The molecule has 6 nitrogen and oxygen atoms in total. The van der Waals surface area contributed by atoms with Crippen molar-refractivity contribution in [1.29, 1.82) is 0 Å². The van der Waals surface area contributed by atoms with Crippen molar-refractivity contribution in [2.24, 2.45) is 0 Å². The zero-order valence-electron chi connectivity index (χ0n) is 11.1. The zero-order chi connectivity index (χ0) is 15.4. The van der Waals surface area contributed by atoms with Crippen molar-refractivity contribution in [3.8, 4) is 0 Å². The van der Waals surface area contributed by atoms with Gasteiger partial charge in [0.25, 0.3) is 5.91 Å². The van der Waals surface area contributed by atoms with E-state index in [2.05, 4.69) is 31.7 Å². The number of likely N-dealkylation sites (N-methyl/N-ethyl adjacent to an activating group) is 1. The van der Waals surface area contributed by atoms with Crippen LogP contribution in [0.15, 0.2) is 35.1 Å². The monoisotopic (exact) mass is 370 g/mol. The Morgan fingerprint density at radius 1 is 1.38 bits per heavy atom. The molecule has 0 unspecified atom stereocenters. The number of nitrogens with one attached hydrogen (secondary N) is 2. The number of anilines is 1. The second kappa shape index (κ2) is 6.73. The van der Waals surface area contributed by atoms with Crippen LogP contribution in [0.5, 0.6) is 0 Å². The van der Waals surface area contributed by atoms with Gasteiger partial charge in [0.1, 0.15) is 6.54 Å². The summed E-state index contributed by atoms with van der Waals surface area (Å²) in [7, 11) is 1.55. The van der Waals surface area contributed by atoms with E-state index in [0.717, 1.165) is 4.47 Å². The quantitative estimate of drug-likeness (QED) is 0.866. The fourth-order valence-corrected chi connectivity index (χ4v) is 2.49. The molecule has 2 rings (SSSR count). The lowest BCUT2D eigenvalue weighted by Crippen LogP contribution is -2.23. The van der Waals surface area contributed by atoms with E-state index in [1.807, 2.05) is 0 Å². The Balaban J connectivity index is 2.07. The van der Waals surface area contributed by atoms with E-state index in [9.17, 15) is 9.59 Å². The second-order valence-corrected chi connectivity index (χ2v) is 5.56. The van der Waals surface area contributed by atoms with Crippen LogP contribution in [0.25, 0.3) is 0 Å². The third kappa shape index (κ3) is 4.30. The van der Waals surface area contributed by atoms with E-state index in [1.165, 1.54) is 10.9 Å². The van der Waals surface area contributed by atoms with Crippen LogP contribution in [0, 0.1) is 0 Å². The number of hydrogen-bond donors (Lipinski definition) is 2. The molecule has 0 atom stereocenters. The smallest absolute Gasteiger partial charge is 0.255 e. The lowest BCUT2D eigenvalue weighted by Gasteiger charge is -2.04. The number of amides is 2. The van der Waals surface area contributed by atoms with Gasteiger partial charge >= 0.3 is 0 Å². The molecule has 0 aliphatic heterocycles. The minimum absolute atomic E-state index is 0.0923. The molecule has 0 saturated carbocycles. The molecule has 1 heterocycles. The van der Waals surface area contributed by atoms with Crippen LogP contribution < -0.4 is 10.6 Å². The van der Waals surface area contributed by atoms with Crippen LogP contribution in [0.3, 0.4) is 0 Å². The Morgan fingerprint density at radius 3 is 2.81 bits per heavy atom. The molecule has 0 radical (unpaired) electrons. The molecule has 0 spiro atoms. The highest BCUT2D eigenvalue weighted by Crippen LogP contribution is 2.20. The van der Waals surface area contributed by atoms with Gasteiger partial charge in [0, 0.05) is 28.3 Å². The summed E-state index contributed by atoms with van der Waals surface area (Å²) in [5.41, 5.74) is 0.924. The number of carbonyl (C=O) groups is 2. The summed E-state index contributed by atoms with van der Waals surface area (Å²) in [6.07, 6.45) is 3.05. The fraction of sp³-hybridized carbons (Fsp3) is 0.154. The first kappa shape index (κ1) is 15.5. The van der Waals surface area contributed by atoms with Gasteiger partial charge in [-0.15, -0.1) is 0 Å². The Morgan fingerprint density at radius 2 is 2.14 bits per heavy atom. The number of aromatic nitrogens is 2. The number of benzene rings is 1. The van der Waals surface area contributed by atoms with Crippen LogP contribution in [-0.4, -0.2) is 28.6 Å². The summed E-state index contributed by atoms with van der Waals surface area (Å²) in [5.74, 6) is -0.479. The number of nitrogens with zero attached hydrogens (tertiary/aromatic N) is 2. The molecule has 0 aliphatic rings. The maximum Gasteiger partial charge on any atom is 0.255 e. The van der Waals surface area contributed by atoms with Gasteiger partial charge in [-0.1, -0.05) is 27.5 Å². The maximum atomic E-state index is 12.1. The molecule has 21 heavy (non-hydrogen) atoms. The SMILES string of the molecule is CNC(=O)Cn1cc(NC(=O)c2cc(Cl)cc(Br)c2)cn1. The van der Waals surface area contributed by atoms with E-state index in [4.69, 9.17) is 11.6 Å². The Labute approximate surface area is 134 Å². The largest absolute Gasteiger partial charge is 0.358 e. The molecule has 0 fully saturated rings. The Bertz CT molecular complexity index is 666. The lowest BCUT2D eigenvalue weighted by atomic mass is 10.2. The third-order valence-corrected chi connectivity index (χ3v) is 3.28. The Hall–Kier alpha value is -1.86. The van der Waals surface area contributed by atoms with Crippen LogP contribution >= 0.6 is 27.5 Å². The van der Waals surface area contributed by atoms with Crippen LogP contribution in [0.2, 0.25) is 5.02 Å². The number of carbonyl (C=O) groups excluding carboxylic acids is 2. The number of hydrogen-bond acceptors (Lipinski definition) is 3. The van der Waals surface area contributed by atoms with E-state index in [0.29, 0.717) is 16.3 Å². The van der Waals surface area contributed by atoms with Gasteiger partial charge < -0.3 is 10.6 Å². The molecule has 2 N–H and O–H groups in total. The predicted molar refractivity (Wildman–Crippen MR) is 83.4 cm³/mol. The van der Waals surface area contributed by atoms with Crippen molar-refractivity contribution in [2.45, 2.75) is 6.54 Å². The number of halogens is 2. The first-order valence-corrected chi connectivity index (χ1v) is 7.15. The molecule has 110 valence electrons. The summed E-state index contributed by atoms with van der Waals surface area (Å²) < 4.78 is 2.15. The van der Waals surface area contributed by atoms with Crippen molar-refractivity contribution in [1.82, 2.24) is 15.1 Å². The predicted octanol–water partition coefficient (Wildman–Crippen LogP) is 2.30. The molecule has 0 bridgehead atoms. The average Bonchev–Trinajstić information content (AvgIpc) is 2.84. The van der Waals surface area contributed by atoms with E-state index >= 15 is 0 Å². The van der Waals surface area contributed by atoms with E-state index in [1.54, 1.807) is 31.4 Å². The van der Waals surface area contributed by atoms with Gasteiger partial charge in [0.05, 0.1) is 11.9 Å². The van der Waals surface area contributed by atoms with Crippen molar-refractivity contribution in [3.63, 3.8) is 0 Å². The highest BCUT2D eigenvalue weighted by Gasteiger charge is 2.10. The van der Waals surface area contributed by atoms with E-state index in [-0.39, 0.29) is 18.4 Å². The van der Waals surface area contributed by atoms with Gasteiger partial charge in [0.15, 0.2) is 0 Å². The van der Waals surface area contributed by atoms with Crippen LogP contribution in [-0.2, 0) is 11.3 Å². The highest BCUT2D eigenvalue weighted by molar-refractivity contribution is 9.10. The zero-order valence-corrected chi connectivity index (χ0v) is 13.4. The molecular weight excluding hydrogens is 360 g/mol. The van der Waals surface area contributed by atoms with E-state index < -0.39 is 0 Å². The molecule has 1 aromatic heterocycles. The van der Waals surface area contributed by atoms with Crippen molar-refractivity contribution < 1.29 is 9.59 Å². The van der Waals surface area contributed by atoms with Gasteiger partial charge in [-0.3, -0.25) is 14.3 Å². The fourth-order valence-electron chi connectivity index (χ4n) is 1.63. The van der Waals surface area contributed by atoms with Gasteiger partial charge in [-0.25, -0.2) is 0 Å². The topological polar surface area (TPSA) is 76.0 Å². The summed E-state index contributed by atoms with van der Waals surface area (Å²) in [5, 5.41) is 9.64. The van der Waals surface area contributed by atoms with Gasteiger partial charge in [-0.05, 0) is 18.2 Å². The summed E-state index contributed by atoms with van der Waals surface area (Å²) in [4.78, 5) is 23.3. The van der Waals surface area contributed by atoms with Crippen LogP contribution in [0.1, 0.15) is 10.4 Å². The number of rotatable bonds is 4. The van der Waals surface area contributed by atoms with Gasteiger partial charge in [-0.2, -0.15) is 5.10 Å². The standard InChI is InChI=1S/C13H12BrClN4O2/c1-16-12(20)7-19-6-11(5-17-19)18-13(21)8-2-9(14)4-10(15)3-8/h2-6H,7H2,1H3,(H,16,20)(H,18,21). The lowest BCUT2D eigenvalue weighted by molar-refractivity contribution is -0.121. The van der Waals surface area contributed by atoms with Crippen molar-refractivity contribution in [3.05, 3.63) is 45.7 Å². The minimum Gasteiger partial charge on any atom is -0.358 e. The van der Waals surface area contributed by atoms with Crippen molar-refractivity contribution in [2.75, 3.05) is 12.4 Å². The molecule has 0 aliphatic carbocycles. The summed E-state index contributed by atoms with van der Waals surface area (Å²) in [6, 6.07) is 4.92. The van der Waals surface area contributed by atoms with Crippen LogP contribution in [0.4, 0.5) is 5.69 Å². The molecule has 0 saturated heterocycles. The first-order chi connectivity index (χ1) is 9.97. The van der Waals surface area contributed by atoms with Crippen molar-refractivity contribution >= 4 is 45.0 Å². The molecule has 2 aromatic rings. The highest BCUT2D eigenvalue weighted by atomic mass is 79.9. The summed E-state index contributed by atoms with van der Waals surface area (Å²) in [6.45, 7) is 0.0923. The maximum absolute atomic E-state index is 12.1.